The van der Waals surface area contributed by atoms with Gasteiger partial charge in [0.1, 0.15) is 6.04 Å². The summed E-state index contributed by atoms with van der Waals surface area (Å²) < 4.78 is 1.53. The smallest absolute Gasteiger partial charge is 0.326 e. The summed E-state index contributed by atoms with van der Waals surface area (Å²) in [6.45, 7) is 0. The number of nitrogens with zero attached hydrogens (tertiary/aromatic N) is 4. The molecule has 0 fully saturated rings. The van der Waals surface area contributed by atoms with Gasteiger partial charge in [-0.25, -0.2) is 4.79 Å². The highest BCUT2D eigenvalue weighted by Gasteiger charge is 2.22. The minimum atomic E-state index is -1.09. The first-order valence-corrected chi connectivity index (χ1v) is 10.1. The van der Waals surface area contributed by atoms with E-state index in [1.54, 1.807) is 6.20 Å². The highest BCUT2D eigenvalue weighted by molar-refractivity contribution is 7.99. The monoisotopic (exact) mass is 422 g/mol. The number of para-hydroxylation sites is 2. The zero-order valence-corrected chi connectivity index (χ0v) is 16.5. The van der Waals surface area contributed by atoms with Gasteiger partial charge in [-0.05, 0) is 34.2 Å². The molecule has 0 radical (unpaired) electrons. The van der Waals surface area contributed by atoms with E-state index in [9.17, 15) is 14.7 Å². The van der Waals surface area contributed by atoms with Crippen molar-refractivity contribution in [2.75, 3.05) is 5.75 Å². The molecule has 0 aliphatic heterocycles. The van der Waals surface area contributed by atoms with Crippen molar-refractivity contribution in [1.82, 2.24) is 30.5 Å². The predicted octanol–water partition coefficient (Wildman–Crippen LogP) is 2.05. The van der Waals surface area contributed by atoms with E-state index in [1.807, 2.05) is 54.6 Å². The third kappa shape index (κ3) is 4.33. The van der Waals surface area contributed by atoms with Gasteiger partial charge in [-0.1, -0.05) is 48.2 Å². The number of carbonyl (C=O) groups excluding carboxylic acids is 1. The summed E-state index contributed by atoms with van der Waals surface area (Å²) in [5, 5.41) is 25.1. The van der Waals surface area contributed by atoms with Crippen molar-refractivity contribution in [3.05, 3.63) is 66.4 Å². The molecule has 10 heteroatoms. The molecular weight excluding hydrogens is 404 g/mol. The Balaban J connectivity index is 1.40. The van der Waals surface area contributed by atoms with E-state index in [-0.39, 0.29) is 12.2 Å². The Morgan fingerprint density at radius 1 is 1.13 bits per heavy atom. The van der Waals surface area contributed by atoms with Crippen LogP contribution in [0.1, 0.15) is 5.56 Å². The Morgan fingerprint density at radius 2 is 1.90 bits per heavy atom. The Hall–Kier alpha value is -3.66. The fourth-order valence-corrected chi connectivity index (χ4v) is 3.79. The van der Waals surface area contributed by atoms with Crippen LogP contribution in [0.2, 0.25) is 0 Å². The molecule has 1 amide bonds. The summed E-state index contributed by atoms with van der Waals surface area (Å²) in [6, 6.07) is 15.9. The van der Waals surface area contributed by atoms with E-state index in [1.165, 1.54) is 4.68 Å². The van der Waals surface area contributed by atoms with Crippen LogP contribution in [0.3, 0.4) is 0 Å². The van der Waals surface area contributed by atoms with E-state index >= 15 is 0 Å². The fourth-order valence-electron chi connectivity index (χ4n) is 3.09. The number of nitrogens with one attached hydrogen (secondary N) is 2. The number of aromatic amines is 1. The molecule has 2 aromatic carbocycles. The second-order valence-electron chi connectivity index (χ2n) is 6.52. The van der Waals surface area contributed by atoms with Gasteiger partial charge < -0.3 is 15.4 Å². The lowest BCUT2D eigenvalue weighted by Gasteiger charge is -2.14. The molecule has 2 heterocycles. The van der Waals surface area contributed by atoms with Crippen LogP contribution in [0.15, 0.2) is 66.0 Å². The second-order valence-corrected chi connectivity index (χ2v) is 7.46. The zero-order chi connectivity index (χ0) is 20.9. The molecule has 4 aromatic rings. The molecule has 1 atom stereocenters. The lowest BCUT2D eigenvalue weighted by atomic mass is 10.1. The molecule has 3 N–H and O–H groups in total. The summed E-state index contributed by atoms with van der Waals surface area (Å²) in [5.74, 6) is -1.51. The summed E-state index contributed by atoms with van der Waals surface area (Å²) in [4.78, 5) is 27.2. The SMILES string of the molecule is O=C(CSc1nnnn1-c1ccccc1)N[C@@H](Cc1c[nH]c2ccccc12)C(=O)O. The number of aliphatic carboxylic acids is 1. The zero-order valence-electron chi connectivity index (χ0n) is 15.7. The van der Waals surface area contributed by atoms with E-state index in [0.717, 1.165) is 33.9 Å². The van der Waals surface area contributed by atoms with Crippen molar-refractivity contribution in [2.45, 2.75) is 17.6 Å². The second kappa shape index (κ2) is 8.78. The molecule has 0 saturated carbocycles. The first-order chi connectivity index (χ1) is 14.6. The van der Waals surface area contributed by atoms with Crippen molar-refractivity contribution >= 4 is 34.5 Å². The third-order valence-corrected chi connectivity index (χ3v) is 5.43. The van der Waals surface area contributed by atoms with Crippen LogP contribution >= 0.6 is 11.8 Å². The summed E-state index contributed by atoms with van der Waals surface area (Å²) in [5.41, 5.74) is 2.53. The van der Waals surface area contributed by atoms with Gasteiger partial charge in [0.15, 0.2) is 0 Å². The molecule has 0 saturated heterocycles. The molecule has 0 unspecified atom stereocenters. The average Bonchev–Trinajstić information content (AvgIpc) is 3.39. The topological polar surface area (TPSA) is 126 Å². The minimum absolute atomic E-state index is 0.00906. The molecular formula is C20H18N6O3S. The minimum Gasteiger partial charge on any atom is -0.480 e. The number of benzene rings is 2. The number of rotatable bonds is 8. The van der Waals surface area contributed by atoms with Crippen molar-refractivity contribution < 1.29 is 14.7 Å². The number of H-pyrrole nitrogens is 1. The molecule has 0 aliphatic rings. The maximum absolute atomic E-state index is 12.4. The van der Waals surface area contributed by atoms with Gasteiger partial charge in [0.05, 0.1) is 11.4 Å². The van der Waals surface area contributed by atoms with Gasteiger partial charge in [-0.2, -0.15) is 4.68 Å². The highest BCUT2D eigenvalue weighted by Crippen LogP contribution is 2.20. The summed E-state index contributed by atoms with van der Waals surface area (Å²) >= 11 is 1.14. The predicted molar refractivity (Wildman–Crippen MR) is 111 cm³/mol. The molecule has 30 heavy (non-hydrogen) atoms. The molecule has 152 valence electrons. The number of carbonyl (C=O) groups is 2. The normalized spacial score (nSPS) is 12.0. The van der Waals surface area contributed by atoms with E-state index in [4.69, 9.17) is 0 Å². The number of tetrazole rings is 1. The van der Waals surface area contributed by atoms with E-state index in [2.05, 4.69) is 25.8 Å². The van der Waals surface area contributed by atoms with Gasteiger partial charge in [-0.15, -0.1) is 5.10 Å². The van der Waals surface area contributed by atoms with Crippen molar-refractivity contribution in [1.29, 1.82) is 0 Å². The first kappa shape index (κ1) is 19.6. The Bertz CT molecular complexity index is 1170. The first-order valence-electron chi connectivity index (χ1n) is 9.15. The van der Waals surface area contributed by atoms with Crippen molar-refractivity contribution in [3.8, 4) is 5.69 Å². The lowest BCUT2D eigenvalue weighted by molar-refractivity contribution is -0.141. The maximum atomic E-state index is 12.4. The van der Waals surface area contributed by atoms with Crippen LogP contribution in [-0.4, -0.2) is 54.0 Å². The molecule has 0 aliphatic carbocycles. The Labute approximate surface area is 175 Å². The summed E-state index contributed by atoms with van der Waals surface area (Å²) in [6.07, 6.45) is 1.95. The number of amides is 1. The van der Waals surface area contributed by atoms with E-state index < -0.39 is 17.9 Å². The number of fused-ring (bicyclic) bond motifs is 1. The largest absolute Gasteiger partial charge is 0.480 e. The Kier molecular flexibility index (Phi) is 5.75. The van der Waals surface area contributed by atoms with Gasteiger partial charge >= 0.3 is 5.97 Å². The number of hydrogen-bond acceptors (Lipinski definition) is 6. The summed E-state index contributed by atoms with van der Waals surface area (Å²) in [7, 11) is 0. The lowest BCUT2D eigenvalue weighted by Crippen LogP contribution is -2.43. The van der Waals surface area contributed by atoms with Gasteiger partial charge in [0.25, 0.3) is 0 Å². The van der Waals surface area contributed by atoms with E-state index in [0.29, 0.717) is 5.16 Å². The fraction of sp³-hybridized carbons (Fsp3) is 0.150. The quantitative estimate of drug-likeness (QED) is 0.371. The molecule has 2 aromatic heterocycles. The average molecular weight is 422 g/mol. The number of hydrogen-bond donors (Lipinski definition) is 3. The van der Waals surface area contributed by atoms with Gasteiger partial charge in [-0.3, -0.25) is 4.79 Å². The molecule has 4 rings (SSSR count). The van der Waals surface area contributed by atoms with Crippen LogP contribution in [0.4, 0.5) is 0 Å². The molecule has 9 nitrogen and oxygen atoms in total. The third-order valence-electron chi connectivity index (χ3n) is 4.51. The molecule has 0 spiro atoms. The van der Waals surface area contributed by atoms with Crippen molar-refractivity contribution in [2.24, 2.45) is 0 Å². The van der Waals surface area contributed by atoms with Crippen molar-refractivity contribution in [3.63, 3.8) is 0 Å². The van der Waals surface area contributed by atoms with Crippen LogP contribution in [0.5, 0.6) is 0 Å². The maximum Gasteiger partial charge on any atom is 0.326 e. The number of aromatic nitrogens is 5. The van der Waals surface area contributed by atoms with Crippen LogP contribution in [-0.2, 0) is 16.0 Å². The van der Waals surface area contributed by atoms with Gasteiger partial charge in [0.2, 0.25) is 11.1 Å². The Morgan fingerprint density at radius 3 is 2.70 bits per heavy atom. The number of carboxylic acids is 1. The van der Waals surface area contributed by atoms with Crippen LogP contribution in [0.25, 0.3) is 16.6 Å². The standard InChI is InChI=1S/C20H18N6O3S/c27-18(12-30-20-23-24-25-26(20)14-6-2-1-3-7-14)22-17(19(28)29)10-13-11-21-16-9-5-4-8-15(13)16/h1-9,11,17,21H,10,12H2,(H,22,27)(H,28,29)/t17-/m0/s1. The highest BCUT2D eigenvalue weighted by atomic mass is 32.2. The number of carboxylic acid groups (broad SMARTS) is 1. The van der Waals surface area contributed by atoms with Crippen LogP contribution in [0, 0.1) is 0 Å². The van der Waals surface area contributed by atoms with Gasteiger partial charge in [0, 0.05) is 23.5 Å². The molecule has 0 bridgehead atoms. The number of thioether (sulfide) groups is 1. The van der Waals surface area contributed by atoms with Crippen LogP contribution < -0.4 is 5.32 Å².